The lowest BCUT2D eigenvalue weighted by Gasteiger charge is -2.13. The van der Waals surface area contributed by atoms with E-state index in [1.165, 1.54) is 62.6 Å². The van der Waals surface area contributed by atoms with Crippen LogP contribution in [-0.2, 0) is 0 Å². The van der Waals surface area contributed by atoms with Gasteiger partial charge in [0, 0.05) is 48.0 Å². The predicted molar refractivity (Wildman–Crippen MR) is 204 cm³/mol. The first-order valence-corrected chi connectivity index (χ1v) is 17.6. The molecular weight excluding hydrogens is 625 g/mol. The van der Waals surface area contributed by atoms with Crippen molar-refractivity contribution < 1.29 is 0 Å². The zero-order valence-corrected chi connectivity index (χ0v) is 27.1. The van der Waals surface area contributed by atoms with Crippen LogP contribution in [0.2, 0.25) is 0 Å². The Kier molecular flexibility index (Phi) is 5.39. The maximum Gasteiger partial charge on any atom is 0.220 e. The summed E-state index contributed by atoms with van der Waals surface area (Å²) in [6.07, 6.45) is 3.86. The van der Waals surface area contributed by atoms with Crippen molar-refractivity contribution in [1.82, 2.24) is 18.9 Å². The van der Waals surface area contributed by atoms with E-state index in [0.29, 0.717) is 0 Å². The van der Waals surface area contributed by atoms with Crippen molar-refractivity contribution in [2.24, 2.45) is 0 Å². The molecule has 5 heterocycles. The molecule has 0 N–H and O–H groups in total. The highest BCUT2D eigenvalue weighted by atomic mass is 32.1. The fourth-order valence-corrected chi connectivity index (χ4v) is 9.54. The standard InChI is InChI=1S/C42H24N4S2/c1-6-12-38-30(7-1)32-22-25(13-15-39(32)47-38)27-19-28(26-14-16-40-33(23-26)31-17-18-43-24-41(31)48-40)21-29(20-27)45-36-10-4-5-11-37(36)46-35-9-3-2-8-34(35)44-42(45)46/h1-24H. The number of pyridine rings is 1. The molecule has 0 aliphatic rings. The Morgan fingerprint density at radius 1 is 0.458 bits per heavy atom. The van der Waals surface area contributed by atoms with Gasteiger partial charge in [0.1, 0.15) is 0 Å². The van der Waals surface area contributed by atoms with Crippen LogP contribution in [0.1, 0.15) is 0 Å². The van der Waals surface area contributed by atoms with E-state index >= 15 is 0 Å². The number of hydrogen-bond acceptors (Lipinski definition) is 4. The van der Waals surface area contributed by atoms with Crippen LogP contribution < -0.4 is 0 Å². The second kappa shape index (κ2) is 9.84. The number of nitrogens with zero attached hydrogens (tertiary/aromatic N) is 4. The summed E-state index contributed by atoms with van der Waals surface area (Å²) >= 11 is 3.65. The van der Waals surface area contributed by atoms with Gasteiger partial charge in [0.25, 0.3) is 0 Å². The molecule has 5 aromatic heterocycles. The first-order valence-electron chi connectivity index (χ1n) is 16.0. The number of imidazole rings is 2. The van der Waals surface area contributed by atoms with Crippen LogP contribution in [0.4, 0.5) is 0 Å². The van der Waals surface area contributed by atoms with Crippen LogP contribution in [0.25, 0.3) is 96.1 Å². The van der Waals surface area contributed by atoms with Gasteiger partial charge in [-0.3, -0.25) is 14.0 Å². The van der Waals surface area contributed by atoms with E-state index in [4.69, 9.17) is 4.98 Å². The Morgan fingerprint density at radius 3 is 1.88 bits per heavy atom. The van der Waals surface area contributed by atoms with E-state index in [1.54, 1.807) is 11.3 Å². The van der Waals surface area contributed by atoms with Crippen LogP contribution in [0, 0.1) is 0 Å². The number of hydrogen-bond donors (Lipinski definition) is 0. The molecule has 0 saturated carbocycles. The lowest BCUT2D eigenvalue weighted by atomic mass is 9.96. The monoisotopic (exact) mass is 648 g/mol. The van der Waals surface area contributed by atoms with E-state index in [9.17, 15) is 0 Å². The number of benzene rings is 6. The van der Waals surface area contributed by atoms with Gasteiger partial charge < -0.3 is 0 Å². The molecule has 0 atom stereocenters. The van der Waals surface area contributed by atoms with Gasteiger partial charge in [-0.1, -0.05) is 54.6 Å². The zero-order chi connectivity index (χ0) is 31.3. The molecule has 0 spiro atoms. The second-order valence-corrected chi connectivity index (χ2v) is 14.5. The first kappa shape index (κ1) is 26.3. The fourth-order valence-electron chi connectivity index (χ4n) is 7.40. The van der Waals surface area contributed by atoms with Crippen LogP contribution in [0.5, 0.6) is 0 Å². The maximum atomic E-state index is 5.19. The largest absolute Gasteiger partial charge is 0.278 e. The minimum absolute atomic E-state index is 0.909. The molecule has 0 amide bonds. The Morgan fingerprint density at radius 2 is 1.08 bits per heavy atom. The van der Waals surface area contributed by atoms with Gasteiger partial charge in [0.05, 0.1) is 32.5 Å². The number of aromatic nitrogens is 4. The molecule has 224 valence electrons. The number of para-hydroxylation sites is 4. The molecule has 6 heteroatoms. The topological polar surface area (TPSA) is 35.1 Å². The van der Waals surface area contributed by atoms with Gasteiger partial charge in [0.2, 0.25) is 5.78 Å². The summed E-state index contributed by atoms with van der Waals surface area (Å²) in [5.41, 5.74) is 10.2. The van der Waals surface area contributed by atoms with Gasteiger partial charge >= 0.3 is 0 Å². The predicted octanol–water partition coefficient (Wildman–Crippen LogP) is 11.9. The van der Waals surface area contributed by atoms with Gasteiger partial charge in [-0.15, -0.1) is 22.7 Å². The summed E-state index contributed by atoms with van der Waals surface area (Å²) in [5, 5.41) is 5.12. The summed E-state index contributed by atoms with van der Waals surface area (Å²) in [6, 6.07) is 48.7. The van der Waals surface area contributed by atoms with Crippen LogP contribution in [0.15, 0.2) is 146 Å². The van der Waals surface area contributed by atoms with Crippen molar-refractivity contribution in [3.63, 3.8) is 0 Å². The van der Waals surface area contributed by atoms with E-state index in [-0.39, 0.29) is 0 Å². The van der Waals surface area contributed by atoms with Crippen LogP contribution in [-0.4, -0.2) is 18.9 Å². The highest BCUT2D eigenvalue weighted by Crippen LogP contribution is 2.40. The lowest BCUT2D eigenvalue weighted by molar-refractivity contribution is 1.11. The van der Waals surface area contributed by atoms with Gasteiger partial charge in [-0.05, 0) is 101 Å². The van der Waals surface area contributed by atoms with E-state index in [2.05, 4.69) is 147 Å². The highest BCUT2D eigenvalue weighted by molar-refractivity contribution is 7.26. The van der Waals surface area contributed by atoms with Crippen molar-refractivity contribution in [3.05, 3.63) is 146 Å². The molecule has 6 aromatic carbocycles. The molecule has 48 heavy (non-hydrogen) atoms. The second-order valence-electron chi connectivity index (χ2n) is 12.3. The smallest absolute Gasteiger partial charge is 0.220 e. The molecule has 11 rings (SSSR count). The normalized spacial score (nSPS) is 12.2. The third-order valence-corrected chi connectivity index (χ3v) is 11.9. The molecule has 11 aromatic rings. The molecule has 0 aliphatic carbocycles. The number of fused-ring (bicyclic) bond motifs is 11. The Bertz CT molecular complexity index is 2950. The van der Waals surface area contributed by atoms with Crippen LogP contribution in [0.3, 0.4) is 0 Å². The summed E-state index contributed by atoms with van der Waals surface area (Å²) in [4.78, 5) is 9.57. The third-order valence-electron chi connectivity index (χ3n) is 9.60. The van der Waals surface area contributed by atoms with Crippen LogP contribution >= 0.6 is 22.7 Å². The zero-order valence-electron chi connectivity index (χ0n) is 25.5. The molecule has 0 unspecified atom stereocenters. The molecule has 0 fully saturated rings. The Labute approximate surface area is 282 Å². The molecule has 0 aliphatic heterocycles. The van der Waals surface area contributed by atoms with Gasteiger partial charge in [-0.25, -0.2) is 4.98 Å². The minimum atomic E-state index is 0.909. The average molecular weight is 649 g/mol. The Hall–Kier alpha value is -5.82. The number of rotatable bonds is 3. The fraction of sp³-hybridized carbons (Fsp3) is 0. The quantitative estimate of drug-likeness (QED) is 0.191. The van der Waals surface area contributed by atoms with E-state index < -0.39 is 0 Å². The third kappa shape index (κ3) is 3.75. The summed E-state index contributed by atoms with van der Waals surface area (Å²) in [7, 11) is 0. The molecule has 4 nitrogen and oxygen atoms in total. The molecular formula is C42H24N4S2. The number of thiophene rings is 2. The minimum Gasteiger partial charge on any atom is -0.278 e. The molecule has 0 saturated heterocycles. The Balaban J connectivity index is 1.21. The average Bonchev–Trinajstić information content (AvgIpc) is 3.89. The van der Waals surface area contributed by atoms with Crippen molar-refractivity contribution in [2.75, 3.05) is 0 Å². The van der Waals surface area contributed by atoms with Crippen molar-refractivity contribution in [1.29, 1.82) is 0 Å². The molecule has 0 bridgehead atoms. The summed E-state index contributed by atoms with van der Waals surface area (Å²) in [5.74, 6) is 0.909. The van der Waals surface area contributed by atoms with E-state index in [1.807, 2.05) is 23.7 Å². The first-order chi connectivity index (χ1) is 23.8. The van der Waals surface area contributed by atoms with E-state index in [0.717, 1.165) is 33.5 Å². The maximum absolute atomic E-state index is 5.19. The molecule has 0 radical (unpaired) electrons. The van der Waals surface area contributed by atoms with Crippen molar-refractivity contribution in [3.8, 4) is 27.9 Å². The van der Waals surface area contributed by atoms with Gasteiger partial charge in [-0.2, -0.15) is 0 Å². The van der Waals surface area contributed by atoms with Gasteiger partial charge in [0.15, 0.2) is 0 Å². The summed E-state index contributed by atoms with van der Waals surface area (Å²) in [6.45, 7) is 0. The van der Waals surface area contributed by atoms with Crippen molar-refractivity contribution in [2.45, 2.75) is 0 Å². The summed E-state index contributed by atoms with van der Waals surface area (Å²) < 4.78 is 9.72. The SMILES string of the molecule is c1ccc2c(c1)nc1n(-c3cc(-c4ccc5sc6ccccc6c5c4)cc(-c4ccc5sc6cnccc6c5c4)c3)c3ccccc3n21. The lowest BCUT2D eigenvalue weighted by Crippen LogP contribution is -1.97. The highest BCUT2D eigenvalue weighted by Gasteiger charge is 2.19. The van der Waals surface area contributed by atoms with Crippen molar-refractivity contribution >= 4 is 90.9 Å².